The molecule has 0 amide bonds. The van der Waals surface area contributed by atoms with Crippen LogP contribution in [0, 0.1) is 0 Å². The largest absolute Gasteiger partial charge is 0.394 e. The molecule has 1 aromatic heterocycles. The van der Waals surface area contributed by atoms with E-state index < -0.39 is 0 Å². The maximum atomic E-state index is 8.39. The van der Waals surface area contributed by atoms with Crippen LogP contribution in [0.15, 0.2) is 11.5 Å². The van der Waals surface area contributed by atoms with Gasteiger partial charge in [-0.1, -0.05) is 11.8 Å². The van der Waals surface area contributed by atoms with Crippen LogP contribution in [0.5, 0.6) is 0 Å². The van der Waals surface area contributed by atoms with E-state index in [1.807, 2.05) is 0 Å². The van der Waals surface area contributed by atoms with Gasteiger partial charge >= 0.3 is 0 Å². The van der Waals surface area contributed by atoms with Crippen molar-refractivity contribution in [2.45, 2.75) is 5.16 Å². The topological polar surface area (TPSA) is 71.0 Å². The fourth-order valence-corrected chi connectivity index (χ4v) is 1.26. The molecule has 12 heavy (non-hydrogen) atoms. The Balaban J connectivity index is 1.96. The molecule has 0 aliphatic heterocycles. The Morgan fingerprint density at radius 1 is 1.58 bits per heavy atom. The predicted octanol–water partition coefficient (Wildman–Crippen LogP) is -0.0943. The number of ether oxygens (including phenoxy) is 1. The van der Waals surface area contributed by atoms with Crippen molar-refractivity contribution in [3.8, 4) is 0 Å². The highest BCUT2D eigenvalue weighted by Gasteiger charge is 1.95. The smallest absolute Gasteiger partial charge is 0.183 e. The fraction of sp³-hybridized carbons (Fsp3) is 0.667. The average molecular weight is 189 g/mol. The van der Waals surface area contributed by atoms with Crippen molar-refractivity contribution in [1.29, 1.82) is 0 Å². The maximum absolute atomic E-state index is 8.39. The van der Waals surface area contributed by atoms with Crippen LogP contribution in [0.25, 0.3) is 0 Å². The van der Waals surface area contributed by atoms with Crippen molar-refractivity contribution in [3.63, 3.8) is 0 Å². The highest BCUT2D eigenvalue weighted by Crippen LogP contribution is 2.09. The molecule has 0 aliphatic rings. The van der Waals surface area contributed by atoms with Crippen LogP contribution in [0.3, 0.4) is 0 Å². The van der Waals surface area contributed by atoms with Gasteiger partial charge < -0.3 is 9.84 Å². The molecule has 0 saturated heterocycles. The molecule has 68 valence electrons. The van der Waals surface area contributed by atoms with E-state index in [9.17, 15) is 0 Å². The van der Waals surface area contributed by atoms with Crippen LogP contribution in [0.4, 0.5) is 0 Å². The molecule has 0 atom stereocenters. The quantitative estimate of drug-likeness (QED) is 0.483. The number of rotatable bonds is 6. The average Bonchev–Trinajstić information content (AvgIpc) is 2.57. The first kappa shape index (κ1) is 9.50. The molecule has 6 heteroatoms. The van der Waals surface area contributed by atoms with Crippen LogP contribution < -0.4 is 0 Å². The molecule has 5 nitrogen and oxygen atoms in total. The van der Waals surface area contributed by atoms with Gasteiger partial charge in [-0.05, 0) is 0 Å². The molecule has 2 N–H and O–H groups in total. The highest BCUT2D eigenvalue weighted by atomic mass is 32.2. The van der Waals surface area contributed by atoms with E-state index in [2.05, 4.69) is 15.2 Å². The number of thioether (sulfide) groups is 1. The van der Waals surface area contributed by atoms with Gasteiger partial charge in [0.05, 0.1) is 19.8 Å². The summed E-state index contributed by atoms with van der Waals surface area (Å²) in [6.07, 6.45) is 1.47. The fourth-order valence-electron chi connectivity index (χ4n) is 0.628. The second-order valence-corrected chi connectivity index (χ2v) is 3.06. The van der Waals surface area contributed by atoms with E-state index in [0.29, 0.717) is 13.2 Å². The van der Waals surface area contributed by atoms with E-state index in [4.69, 9.17) is 9.84 Å². The second-order valence-electron chi connectivity index (χ2n) is 1.98. The third-order valence-electron chi connectivity index (χ3n) is 1.09. The lowest BCUT2D eigenvalue weighted by molar-refractivity contribution is 0.103. The summed E-state index contributed by atoms with van der Waals surface area (Å²) in [5.74, 6) is 0.815. The first-order valence-corrected chi connectivity index (χ1v) is 4.59. The first-order chi connectivity index (χ1) is 5.93. The summed E-state index contributed by atoms with van der Waals surface area (Å²) >= 11 is 1.54. The molecule has 0 aliphatic carbocycles. The number of aliphatic hydroxyl groups is 1. The van der Waals surface area contributed by atoms with E-state index >= 15 is 0 Å². The highest BCUT2D eigenvalue weighted by molar-refractivity contribution is 7.99. The Labute approximate surface area is 74.5 Å². The molecule has 0 aromatic carbocycles. The Bertz CT molecular complexity index is 193. The van der Waals surface area contributed by atoms with E-state index in [0.717, 1.165) is 10.9 Å². The van der Waals surface area contributed by atoms with Crippen molar-refractivity contribution in [2.75, 3.05) is 25.6 Å². The molecule has 0 unspecified atom stereocenters. The summed E-state index contributed by atoms with van der Waals surface area (Å²) in [6, 6.07) is 0. The monoisotopic (exact) mass is 189 g/mol. The summed E-state index contributed by atoms with van der Waals surface area (Å²) < 4.78 is 5.05. The van der Waals surface area contributed by atoms with Gasteiger partial charge in [0.2, 0.25) is 0 Å². The van der Waals surface area contributed by atoms with Crippen molar-refractivity contribution in [1.82, 2.24) is 15.2 Å². The van der Waals surface area contributed by atoms with Gasteiger partial charge in [-0.15, -0.1) is 0 Å². The second kappa shape index (κ2) is 5.99. The normalized spacial score (nSPS) is 10.4. The van der Waals surface area contributed by atoms with Crippen LogP contribution in [-0.4, -0.2) is 45.9 Å². The van der Waals surface area contributed by atoms with Crippen LogP contribution in [0.2, 0.25) is 0 Å². The molecule has 1 heterocycles. The zero-order valence-corrected chi connectivity index (χ0v) is 7.38. The predicted molar refractivity (Wildman–Crippen MR) is 45.0 cm³/mol. The van der Waals surface area contributed by atoms with Gasteiger partial charge in [-0.2, -0.15) is 5.10 Å². The van der Waals surface area contributed by atoms with E-state index in [-0.39, 0.29) is 6.61 Å². The SMILES string of the molecule is OCCOCCSc1ncn[nH]1. The first-order valence-electron chi connectivity index (χ1n) is 3.60. The van der Waals surface area contributed by atoms with Crippen molar-refractivity contribution < 1.29 is 9.84 Å². The lowest BCUT2D eigenvalue weighted by Crippen LogP contribution is -2.02. The van der Waals surface area contributed by atoms with E-state index in [1.165, 1.54) is 6.33 Å². The molecule has 0 bridgehead atoms. The zero-order chi connectivity index (χ0) is 8.65. The van der Waals surface area contributed by atoms with Gasteiger partial charge in [0.15, 0.2) is 5.16 Å². The minimum Gasteiger partial charge on any atom is -0.394 e. The molecular weight excluding hydrogens is 178 g/mol. The lowest BCUT2D eigenvalue weighted by atomic mass is 10.7. The summed E-state index contributed by atoms with van der Waals surface area (Å²) in [5.41, 5.74) is 0. The lowest BCUT2D eigenvalue weighted by Gasteiger charge is -1.99. The summed E-state index contributed by atoms with van der Waals surface area (Å²) in [6.45, 7) is 1.09. The molecular formula is C6H11N3O2S. The van der Waals surface area contributed by atoms with Gasteiger partial charge in [0.25, 0.3) is 0 Å². The molecule has 0 spiro atoms. The minimum atomic E-state index is 0.0764. The zero-order valence-electron chi connectivity index (χ0n) is 6.56. The van der Waals surface area contributed by atoms with Crippen LogP contribution in [-0.2, 0) is 4.74 Å². The number of nitrogens with one attached hydrogen (secondary N) is 1. The number of aliphatic hydroxyl groups excluding tert-OH is 1. The number of aromatic nitrogens is 3. The molecule has 1 aromatic rings. The van der Waals surface area contributed by atoms with Crippen molar-refractivity contribution in [3.05, 3.63) is 6.33 Å². The van der Waals surface area contributed by atoms with Gasteiger partial charge in [0.1, 0.15) is 6.33 Å². The number of aromatic amines is 1. The summed E-state index contributed by atoms with van der Waals surface area (Å²) in [5, 5.41) is 15.6. The van der Waals surface area contributed by atoms with Gasteiger partial charge in [-0.3, -0.25) is 5.10 Å². The molecule has 1 rings (SSSR count). The summed E-state index contributed by atoms with van der Waals surface area (Å²) in [7, 11) is 0. The molecule has 0 fully saturated rings. The van der Waals surface area contributed by atoms with Gasteiger partial charge in [0, 0.05) is 5.75 Å². The Morgan fingerprint density at radius 2 is 2.50 bits per heavy atom. The number of hydrogen-bond donors (Lipinski definition) is 2. The van der Waals surface area contributed by atoms with E-state index in [1.54, 1.807) is 11.8 Å². The Morgan fingerprint density at radius 3 is 3.17 bits per heavy atom. The molecule has 0 radical (unpaired) electrons. The van der Waals surface area contributed by atoms with Crippen LogP contribution in [0.1, 0.15) is 0 Å². The van der Waals surface area contributed by atoms with Crippen molar-refractivity contribution >= 4 is 11.8 Å². The number of H-pyrrole nitrogens is 1. The van der Waals surface area contributed by atoms with Crippen molar-refractivity contribution in [2.24, 2.45) is 0 Å². The Hall–Kier alpha value is -0.590. The van der Waals surface area contributed by atoms with Crippen LogP contribution >= 0.6 is 11.8 Å². The molecule has 0 saturated carbocycles. The van der Waals surface area contributed by atoms with Gasteiger partial charge in [-0.25, -0.2) is 4.98 Å². The minimum absolute atomic E-state index is 0.0764. The standard InChI is InChI=1S/C6H11N3O2S/c10-1-2-11-3-4-12-6-7-5-8-9-6/h5,10H,1-4H2,(H,7,8,9). The third kappa shape index (κ3) is 3.70. The number of hydrogen-bond acceptors (Lipinski definition) is 5. The maximum Gasteiger partial charge on any atom is 0.183 e. The number of nitrogens with zero attached hydrogens (tertiary/aromatic N) is 2. The Kier molecular flexibility index (Phi) is 4.74. The third-order valence-corrected chi connectivity index (χ3v) is 1.94. The summed E-state index contributed by atoms with van der Waals surface area (Å²) in [4.78, 5) is 3.93.